The molecule has 1 unspecified atom stereocenters. The van der Waals surface area contributed by atoms with Gasteiger partial charge in [-0.1, -0.05) is 6.58 Å². The average molecular weight is 200 g/mol. The lowest BCUT2D eigenvalue weighted by molar-refractivity contribution is -0.138. The molecule has 1 heterocycles. The van der Waals surface area contributed by atoms with Crippen molar-refractivity contribution in [1.82, 2.24) is 0 Å². The van der Waals surface area contributed by atoms with Gasteiger partial charge in [0.25, 0.3) is 0 Å². The Kier molecular flexibility index (Phi) is 6.88. The molecule has 14 heavy (non-hydrogen) atoms. The summed E-state index contributed by atoms with van der Waals surface area (Å²) in [4.78, 5) is 10.3. The van der Waals surface area contributed by atoms with Crippen LogP contribution in [0.15, 0.2) is 22.9 Å². The Morgan fingerprint density at radius 3 is 2.79 bits per heavy atom. The first kappa shape index (κ1) is 12.2. The lowest BCUT2D eigenvalue weighted by Gasteiger charge is -1.94. The summed E-state index contributed by atoms with van der Waals surface area (Å²) >= 11 is 0. The molecular weight excluding hydrogens is 188 g/mol. The number of nitrogens with two attached hydrogens (primary N) is 1. The van der Waals surface area contributed by atoms with Crippen molar-refractivity contribution < 1.29 is 14.3 Å². The van der Waals surface area contributed by atoms with Crippen LogP contribution in [-0.2, 0) is 14.3 Å². The van der Waals surface area contributed by atoms with Crippen molar-refractivity contribution in [1.29, 1.82) is 5.53 Å². The third-order valence-electron chi connectivity index (χ3n) is 1.10. The molecular formula is C7H12N4O3. The van der Waals surface area contributed by atoms with Gasteiger partial charge in [-0.25, -0.2) is 10.3 Å². The minimum atomic E-state index is -0.384. The van der Waals surface area contributed by atoms with Crippen LogP contribution in [0.1, 0.15) is 0 Å². The van der Waals surface area contributed by atoms with Crippen molar-refractivity contribution in [2.45, 2.75) is 6.10 Å². The minimum absolute atomic E-state index is 0.147. The molecule has 0 aromatic carbocycles. The van der Waals surface area contributed by atoms with E-state index in [2.05, 4.69) is 27.4 Å². The predicted molar refractivity (Wildman–Crippen MR) is 48.7 cm³/mol. The van der Waals surface area contributed by atoms with Gasteiger partial charge in [0.05, 0.1) is 6.61 Å². The Balaban J connectivity index is 0.000000292. The number of hydrazone groups is 1. The first-order valence-electron chi connectivity index (χ1n) is 3.73. The van der Waals surface area contributed by atoms with Gasteiger partial charge in [0.2, 0.25) is 0 Å². The molecule has 0 radical (unpaired) electrons. The van der Waals surface area contributed by atoms with Gasteiger partial charge >= 0.3 is 5.97 Å². The molecule has 0 aromatic heterocycles. The van der Waals surface area contributed by atoms with E-state index in [9.17, 15) is 4.79 Å². The molecule has 0 aliphatic carbocycles. The molecule has 0 aromatic rings. The molecule has 1 aliphatic rings. The van der Waals surface area contributed by atoms with E-state index in [1.165, 1.54) is 0 Å². The molecule has 1 atom stereocenters. The zero-order chi connectivity index (χ0) is 10.8. The summed E-state index contributed by atoms with van der Waals surface area (Å²) in [6.45, 7) is 4.32. The highest BCUT2D eigenvalue weighted by atomic mass is 16.6. The molecule has 1 aliphatic heterocycles. The second-order valence-corrected chi connectivity index (χ2v) is 2.18. The number of esters is 1. The topological polar surface area (TPSA) is 113 Å². The highest BCUT2D eigenvalue weighted by Crippen LogP contribution is 2.08. The van der Waals surface area contributed by atoms with Crippen LogP contribution >= 0.6 is 0 Å². The fourth-order valence-corrected chi connectivity index (χ4v) is 0.432. The summed E-state index contributed by atoms with van der Waals surface area (Å²) in [6.07, 6.45) is 2.23. The monoisotopic (exact) mass is 200 g/mol. The van der Waals surface area contributed by atoms with Crippen molar-refractivity contribution in [3.05, 3.63) is 12.7 Å². The van der Waals surface area contributed by atoms with Crippen LogP contribution in [0.3, 0.4) is 0 Å². The molecule has 0 bridgehead atoms. The van der Waals surface area contributed by atoms with Crippen LogP contribution < -0.4 is 5.84 Å². The standard InChI is InChI=1S/C6H8O3.CH4N4/c1-2-6(7)9-4-5-3-8-5;2-4-1-5-3/h2,5H,1,3-4H2;1-2H,3H2. The molecule has 3 N–H and O–H groups in total. The first-order chi connectivity index (χ1) is 6.74. The summed E-state index contributed by atoms with van der Waals surface area (Å²) in [7, 11) is 0. The van der Waals surface area contributed by atoms with E-state index >= 15 is 0 Å². The number of nitrogens with one attached hydrogen (secondary N) is 1. The van der Waals surface area contributed by atoms with Crippen molar-refractivity contribution in [3.8, 4) is 0 Å². The number of hydrogen-bond acceptors (Lipinski definition) is 6. The fraction of sp³-hybridized carbons (Fsp3) is 0.429. The second-order valence-electron chi connectivity index (χ2n) is 2.18. The van der Waals surface area contributed by atoms with E-state index in [1.807, 2.05) is 0 Å². The molecule has 7 nitrogen and oxygen atoms in total. The second kappa shape index (κ2) is 7.87. The quantitative estimate of drug-likeness (QED) is 0.0973. The van der Waals surface area contributed by atoms with Crippen LogP contribution in [0.5, 0.6) is 0 Å². The highest BCUT2D eigenvalue weighted by Gasteiger charge is 2.23. The summed E-state index contributed by atoms with van der Waals surface area (Å²) in [5, 5.41) is 5.56. The maximum Gasteiger partial charge on any atom is 0.330 e. The largest absolute Gasteiger partial charge is 0.460 e. The van der Waals surface area contributed by atoms with Crippen LogP contribution in [0, 0.1) is 5.53 Å². The summed E-state index contributed by atoms with van der Waals surface area (Å²) in [5.74, 6) is 4.11. The van der Waals surface area contributed by atoms with Gasteiger partial charge < -0.3 is 15.3 Å². The van der Waals surface area contributed by atoms with Crippen molar-refractivity contribution in [3.63, 3.8) is 0 Å². The van der Waals surface area contributed by atoms with E-state index in [-0.39, 0.29) is 12.1 Å². The van der Waals surface area contributed by atoms with E-state index in [0.717, 1.165) is 12.4 Å². The average Bonchev–Trinajstić information content (AvgIpc) is 3.00. The molecule has 1 saturated heterocycles. The molecule has 1 rings (SSSR count). The van der Waals surface area contributed by atoms with Crippen molar-refractivity contribution in [2.24, 2.45) is 16.1 Å². The third kappa shape index (κ3) is 8.34. The number of carbonyl (C=O) groups is 1. The number of epoxide rings is 1. The Hall–Kier alpha value is -1.76. The van der Waals surface area contributed by atoms with Crippen molar-refractivity contribution >= 4 is 12.3 Å². The normalized spacial score (nSPS) is 17.9. The van der Waals surface area contributed by atoms with Gasteiger partial charge in [-0.05, 0) is 0 Å². The smallest absolute Gasteiger partial charge is 0.330 e. The molecule has 0 amide bonds. The van der Waals surface area contributed by atoms with Gasteiger partial charge in [0.1, 0.15) is 12.7 Å². The van der Waals surface area contributed by atoms with E-state index in [4.69, 9.17) is 10.3 Å². The Morgan fingerprint density at radius 2 is 2.50 bits per heavy atom. The van der Waals surface area contributed by atoms with Crippen LogP contribution in [0.4, 0.5) is 0 Å². The maximum absolute atomic E-state index is 10.3. The van der Waals surface area contributed by atoms with Crippen LogP contribution in [0.2, 0.25) is 0 Å². The number of hydrogen-bond donors (Lipinski definition) is 2. The van der Waals surface area contributed by atoms with Gasteiger partial charge in [-0.2, -0.15) is 5.10 Å². The molecule has 0 saturated carbocycles. The van der Waals surface area contributed by atoms with Crippen LogP contribution in [0.25, 0.3) is 0 Å². The number of rotatable bonds is 4. The Bertz CT molecular complexity index is 225. The highest BCUT2D eigenvalue weighted by molar-refractivity contribution is 5.81. The zero-order valence-electron chi connectivity index (χ0n) is 7.55. The predicted octanol–water partition coefficient (Wildman–Crippen LogP) is 0.0338. The van der Waals surface area contributed by atoms with E-state index < -0.39 is 0 Å². The maximum atomic E-state index is 10.3. The van der Waals surface area contributed by atoms with Gasteiger partial charge in [-0.3, -0.25) is 0 Å². The minimum Gasteiger partial charge on any atom is -0.460 e. The number of carbonyl (C=O) groups excluding carboxylic acids is 1. The number of ether oxygens (including phenoxy) is 2. The van der Waals surface area contributed by atoms with Gasteiger partial charge in [0, 0.05) is 6.08 Å². The molecule has 0 spiro atoms. The third-order valence-corrected chi connectivity index (χ3v) is 1.10. The lowest BCUT2D eigenvalue weighted by atomic mass is 10.5. The zero-order valence-corrected chi connectivity index (χ0v) is 7.55. The summed E-state index contributed by atoms with van der Waals surface area (Å²) in [6, 6.07) is 0. The number of nitrogens with zero attached hydrogens (tertiary/aromatic N) is 2. The fourth-order valence-electron chi connectivity index (χ4n) is 0.432. The Morgan fingerprint density at radius 1 is 1.86 bits per heavy atom. The molecule has 78 valence electrons. The van der Waals surface area contributed by atoms with Crippen LogP contribution in [-0.4, -0.2) is 31.6 Å². The van der Waals surface area contributed by atoms with E-state index in [0.29, 0.717) is 13.2 Å². The van der Waals surface area contributed by atoms with Crippen molar-refractivity contribution in [2.75, 3.05) is 13.2 Å². The summed E-state index contributed by atoms with van der Waals surface area (Å²) in [5.41, 5.74) is 6.00. The molecule has 1 fully saturated rings. The van der Waals surface area contributed by atoms with E-state index in [1.54, 1.807) is 0 Å². The van der Waals surface area contributed by atoms with Gasteiger partial charge in [0.15, 0.2) is 6.34 Å². The summed E-state index contributed by atoms with van der Waals surface area (Å²) < 4.78 is 9.42. The molecule has 7 heteroatoms. The Labute approximate surface area is 81.1 Å². The SMILES string of the molecule is C=CC(=O)OCC1CO1.N=NC=NN. The lowest BCUT2D eigenvalue weighted by Crippen LogP contribution is -2.06. The van der Waals surface area contributed by atoms with Gasteiger partial charge in [-0.15, -0.1) is 5.11 Å². The first-order valence-corrected chi connectivity index (χ1v) is 3.73.